The fourth-order valence-corrected chi connectivity index (χ4v) is 1.70. The molecule has 4 heteroatoms. The van der Waals surface area contributed by atoms with E-state index >= 15 is 0 Å². The quantitative estimate of drug-likeness (QED) is 0.743. The molecule has 96 valence electrons. The van der Waals surface area contributed by atoms with E-state index in [4.69, 9.17) is 10.5 Å². The largest absolute Gasteiger partial charge is 0.491 e. The smallest absolute Gasteiger partial charge is 0.144 e. The summed E-state index contributed by atoms with van der Waals surface area (Å²) in [5, 5.41) is 9.37. The molecule has 1 rings (SSSR count). The van der Waals surface area contributed by atoms with Gasteiger partial charge in [-0.1, -0.05) is 13.0 Å². The van der Waals surface area contributed by atoms with Gasteiger partial charge in [-0.2, -0.15) is 0 Å². The van der Waals surface area contributed by atoms with Crippen LogP contribution >= 0.6 is 0 Å². The molecule has 0 radical (unpaired) electrons. The van der Waals surface area contributed by atoms with Crippen LogP contribution in [0.3, 0.4) is 0 Å². The van der Waals surface area contributed by atoms with Crippen LogP contribution in [0.1, 0.15) is 20.3 Å². The van der Waals surface area contributed by atoms with Gasteiger partial charge in [-0.3, -0.25) is 0 Å². The van der Waals surface area contributed by atoms with Gasteiger partial charge in [0.25, 0.3) is 0 Å². The number of benzene rings is 1. The summed E-state index contributed by atoms with van der Waals surface area (Å²) >= 11 is 0. The Hall–Kier alpha value is -1.42. The molecule has 1 aromatic carbocycles. The number of likely N-dealkylation sites (N-methyl/N-ethyl adjacent to an activating group) is 1. The Kier molecular flexibility index (Phi) is 5.10. The van der Waals surface area contributed by atoms with Gasteiger partial charge in [-0.05, 0) is 25.5 Å². The number of para-hydroxylation sites is 1. The SMILES string of the molecule is CCCOc1cccc(N(C)CC(C)O)c1N. The van der Waals surface area contributed by atoms with E-state index in [-0.39, 0.29) is 6.10 Å². The van der Waals surface area contributed by atoms with Gasteiger partial charge in [0.2, 0.25) is 0 Å². The van der Waals surface area contributed by atoms with Crippen molar-refractivity contribution in [1.29, 1.82) is 0 Å². The zero-order chi connectivity index (χ0) is 12.8. The average molecular weight is 238 g/mol. The maximum atomic E-state index is 9.37. The van der Waals surface area contributed by atoms with Gasteiger partial charge in [0, 0.05) is 13.6 Å². The Labute approximate surface area is 103 Å². The zero-order valence-electron chi connectivity index (χ0n) is 10.8. The van der Waals surface area contributed by atoms with Crippen LogP contribution in [0.4, 0.5) is 11.4 Å². The summed E-state index contributed by atoms with van der Waals surface area (Å²) in [5.41, 5.74) is 7.57. The van der Waals surface area contributed by atoms with E-state index in [1.807, 2.05) is 30.1 Å². The van der Waals surface area contributed by atoms with E-state index in [1.165, 1.54) is 0 Å². The number of ether oxygens (including phenoxy) is 1. The van der Waals surface area contributed by atoms with Crippen molar-refractivity contribution in [2.75, 3.05) is 30.8 Å². The number of rotatable bonds is 6. The number of nitrogens with two attached hydrogens (primary N) is 1. The molecule has 0 saturated heterocycles. The molecule has 4 nitrogen and oxygen atoms in total. The molecule has 0 aromatic heterocycles. The summed E-state index contributed by atoms with van der Waals surface area (Å²) in [4.78, 5) is 1.93. The zero-order valence-corrected chi connectivity index (χ0v) is 10.8. The Balaban J connectivity index is 2.85. The fourth-order valence-electron chi connectivity index (χ4n) is 1.70. The van der Waals surface area contributed by atoms with Crippen molar-refractivity contribution in [3.63, 3.8) is 0 Å². The number of aliphatic hydroxyl groups is 1. The second-order valence-corrected chi connectivity index (χ2v) is 4.27. The van der Waals surface area contributed by atoms with E-state index in [0.29, 0.717) is 24.6 Å². The Bertz CT molecular complexity index is 353. The van der Waals surface area contributed by atoms with E-state index in [0.717, 1.165) is 12.1 Å². The summed E-state index contributed by atoms with van der Waals surface area (Å²) in [6.45, 7) is 5.01. The third-order valence-electron chi connectivity index (χ3n) is 2.45. The summed E-state index contributed by atoms with van der Waals surface area (Å²) in [6.07, 6.45) is 0.562. The number of hydrogen-bond donors (Lipinski definition) is 2. The predicted octanol–water partition coefficient (Wildman–Crippen LogP) is 1.87. The van der Waals surface area contributed by atoms with E-state index < -0.39 is 0 Å². The maximum Gasteiger partial charge on any atom is 0.144 e. The van der Waals surface area contributed by atoms with Gasteiger partial charge in [-0.25, -0.2) is 0 Å². The van der Waals surface area contributed by atoms with Crippen LogP contribution in [-0.4, -0.2) is 31.4 Å². The monoisotopic (exact) mass is 238 g/mol. The first-order valence-electron chi connectivity index (χ1n) is 5.96. The highest BCUT2D eigenvalue weighted by atomic mass is 16.5. The highest BCUT2D eigenvalue weighted by Gasteiger charge is 2.11. The molecule has 0 bridgehead atoms. The lowest BCUT2D eigenvalue weighted by atomic mass is 10.2. The van der Waals surface area contributed by atoms with E-state index in [9.17, 15) is 5.11 Å². The number of hydrogen-bond acceptors (Lipinski definition) is 4. The van der Waals surface area contributed by atoms with Crippen molar-refractivity contribution in [3.05, 3.63) is 18.2 Å². The van der Waals surface area contributed by atoms with Crippen LogP contribution in [0, 0.1) is 0 Å². The summed E-state index contributed by atoms with van der Waals surface area (Å²) in [7, 11) is 1.90. The Morgan fingerprint density at radius 2 is 2.18 bits per heavy atom. The third kappa shape index (κ3) is 3.82. The van der Waals surface area contributed by atoms with Gasteiger partial charge in [-0.15, -0.1) is 0 Å². The lowest BCUT2D eigenvalue weighted by Gasteiger charge is -2.23. The predicted molar refractivity (Wildman–Crippen MR) is 71.6 cm³/mol. The van der Waals surface area contributed by atoms with Gasteiger partial charge in [0.05, 0.1) is 24.1 Å². The number of nitrogens with zero attached hydrogens (tertiary/aromatic N) is 1. The molecule has 17 heavy (non-hydrogen) atoms. The van der Waals surface area contributed by atoms with Crippen LogP contribution in [0.25, 0.3) is 0 Å². The summed E-state index contributed by atoms with van der Waals surface area (Å²) in [5.74, 6) is 0.710. The Morgan fingerprint density at radius 3 is 2.76 bits per heavy atom. The highest BCUT2D eigenvalue weighted by Crippen LogP contribution is 2.31. The molecule has 0 aliphatic heterocycles. The first-order chi connectivity index (χ1) is 8.06. The molecule has 3 N–H and O–H groups in total. The average Bonchev–Trinajstić information content (AvgIpc) is 2.26. The highest BCUT2D eigenvalue weighted by molar-refractivity contribution is 5.73. The van der Waals surface area contributed by atoms with Gasteiger partial charge >= 0.3 is 0 Å². The van der Waals surface area contributed by atoms with Crippen LogP contribution in [0.15, 0.2) is 18.2 Å². The van der Waals surface area contributed by atoms with Crippen LogP contribution < -0.4 is 15.4 Å². The molecule has 0 spiro atoms. The second kappa shape index (κ2) is 6.35. The lowest BCUT2D eigenvalue weighted by molar-refractivity contribution is 0.201. The van der Waals surface area contributed by atoms with Crippen LogP contribution in [0.5, 0.6) is 5.75 Å². The topological polar surface area (TPSA) is 58.7 Å². The maximum absolute atomic E-state index is 9.37. The normalized spacial score (nSPS) is 12.2. The number of anilines is 2. The molecular weight excluding hydrogens is 216 g/mol. The van der Waals surface area contributed by atoms with Crippen molar-refractivity contribution in [2.45, 2.75) is 26.4 Å². The van der Waals surface area contributed by atoms with Crippen LogP contribution in [0.2, 0.25) is 0 Å². The first-order valence-corrected chi connectivity index (χ1v) is 5.96. The number of nitrogen functional groups attached to an aromatic ring is 1. The fraction of sp³-hybridized carbons (Fsp3) is 0.538. The van der Waals surface area contributed by atoms with Crippen molar-refractivity contribution >= 4 is 11.4 Å². The van der Waals surface area contributed by atoms with Crippen molar-refractivity contribution in [1.82, 2.24) is 0 Å². The molecular formula is C13H22N2O2. The minimum atomic E-state index is -0.389. The van der Waals surface area contributed by atoms with Gasteiger partial charge < -0.3 is 20.5 Å². The molecule has 0 aliphatic carbocycles. The Morgan fingerprint density at radius 1 is 1.47 bits per heavy atom. The summed E-state index contributed by atoms with van der Waals surface area (Å²) in [6, 6.07) is 5.70. The van der Waals surface area contributed by atoms with Crippen LogP contribution in [-0.2, 0) is 0 Å². The van der Waals surface area contributed by atoms with Gasteiger partial charge in [0.15, 0.2) is 0 Å². The number of aliphatic hydroxyl groups excluding tert-OH is 1. The standard InChI is InChI=1S/C13H22N2O2/c1-4-8-17-12-7-5-6-11(13(12)14)15(3)9-10(2)16/h5-7,10,16H,4,8-9,14H2,1-3H3. The molecule has 0 amide bonds. The molecule has 0 fully saturated rings. The lowest BCUT2D eigenvalue weighted by Crippen LogP contribution is -2.27. The molecule has 1 atom stereocenters. The molecule has 0 saturated carbocycles. The second-order valence-electron chi connectivity index (χ2n) is 4.27. The van der Waals surface area contributed by atoms with Crippen molar-refractivity contribution in [2.24, 2.45) is 0 Å². The minimum absolute atomic E-state index is 0.389. The van der Waals surface area contributed by atoms with E-state index in [1.54, 1.807) is 6.92 Å². The van der Waals surface area contributed by atoms with E-state index in [2.05, 4.69) is 6.92 Å². The molecule has 1 unspecified atom stereocenters. The first kappa shape index (κ1) is 13.6. The molecule has 0 heterocycles. The minimum Gasteiger partial charge on any atom is -0.491 e. The van der Waals surface area contributed by atoms with Crippen molar-refractivity contribution < 1.29 is 9.84 Å². The third-order valence-corrected chi connectivity index (χ3v) is 2.45. The van der Waals surface area contributed by atoms with Crippen molar-refractivity contribution in [3.8, 4) is 5.75 Å². The molecule has 1 aromatic rings. The molecule has 0 aliphatic rings. The summed E-state index contributed by atoms with van der Waals surface area (Å²) < 4.78 is 5.57. The van der Waals surface area contributed by atoms with Gasteiger partial charge in [0.1, 0.15) is 5.75 Å².